The summed E-state index contributed by atoms with van der Waals surface area (Å²) in [7, 11) is 0. The van der Waals surface area contributed by atoms with Gasteiger partial charge in [-0.1, -0.05) is 0 Å². The molecule has 2 amide bonds. The van der Waals surface area contributed by atoms with Crippen molar-refractivity contribution in [2.24, 2.45) is 0 Å². The number of non-ortho nitro benzene ring substituents is 1. The Morgan fingerprint density at radius 1 is 1.14 bits per heavy atom. The number of hydrogen-bond acceptors (Lipinski definition) is 4. The predicted octanol–water partition coefficient (Wildman–Crippen LogP) is 0.909. The lowest BCUT2D eigenvalue weighted by Gasteiger charge is -2.31. The zero-order chi connectivity index (χ0) is 15.2. The lowest BCUT2D eigenvalue weighted by Crippen LogP contribution is -2.47. The van der Waals surface area contributed by atoms with Crippen LogP contribution in [0.1, 0.15) is 5.56 Å². The van der Waals surface area contributed by atoms with Crippen LogP contribution >= 0.6 is 0 Å². The van der Waals surface area contributed by atoms with Gasteiger partial charge in [0.25, 0.3) is 5.69 Å². The van der Waals surface area contributed by atoms with E-state index in [1.165, 1.54) is 18.2 Å². The second kappa shape index (κ2) is 6.65. The molecule has 0 bridgehead atoms. The Labute approximate surface area is 121 Å². The van der Waals surface area contributed by atoms with Crippen LogP contribution in [0.15, 0.2) is 30.3 Å². The number of nitro benzene ring substituents is 1. The Hall–Kier alpha value is -2.70. The summed E-state index contributed by atoms with van der Waals surface area (Å²) in [5.41, 5.74) is 0.740. The normalized spacial score (nSPS) is 15.2. The van der Waals surface area contributed by atoms with Gasteiger partial charge in [0.2, 0.25) is 12.3 Å². The topological polar surface area (TPSA) is 83.8 Å². The molecule has 2 rings (SSSR count). The fraction of sp³-hybridized carbons (Fsp3) is 0.286. The monoisotopic (exact) mass is 289 g/mol. The average Bonchev–Trinajstić information content (AvgIpc) is 2.53. The van der Waals surface area contributed by atoms with Gasteiger partial charge in [-0.2, -0.15) is 0 Å². The minimum absolute atomic E-state index is 0.0171. The molecule has 0 spiro atoms. The number of rotatable bonds is 4. The van der Waals surface area contributed by atoms with Gasteiger partial charge in [-0.3, -0.25) is 19.7 Å². The molecule has 1 aromatic rings. The Balaban J connectivity index is 1.93. The van der Waals surface area contributed by atoms with Crippen LogP contribution < -0.4 is 0 Å². The SMILES string of the molecule is O=CN1CCN(C(=O)/C=C/c2ccc([N+](=O)[O-])cc2)CC1. The van der Waals surface area contributed by atoms with E-state index >= 15 is 0 Å². The molecule has 21 heavy (non-hydrogen) atoms. The van der Waals surface area contributed by atoms with E-state index in [1.54, 1.807) is 28.0 Å². The molecular formula is C14H15N3O4. The number of nitro groups is 1. The first-order chi connectivity index (χ1) is 10.1. The second-order valence-corrected chi connectivity index (χ2v) is 4.65. The summed E-state index contributed by atoms with van der Waals surface area (Å²) >= 11 is 0. The van der Waals surface area contributed by atoms with E-state index in [4.69, 9.17) is 0 Å². The molecule has 1 aliphatic rings. The fourth-order valence-corrected chi connectivity index (χ4v) is 2.03. The van der Waals surface area contributed by atoms with E-state index < -0.39 is 4.92 Å². The molecule has 0 aliphatic carbocycles. The molecule has 1 aliphatic heterocycles. The van der Waals surface area contributed by atoms with Crippen LogP contribution in [0.3, 0.4) is 0 Å². The van der Waals surface area contributed by atoms with Crippen molar-refractivity contribution in [3.63, 3.8) is 0 Å². The van der Waals surface area contributed by atoms with Gasteiger partial charge >= 0.3 is 0 Å². The maximum Gasteiger partial charge on any atom is 0.269 e. The Bertz CT molecular complexity index is 560. The Morgan fingerprint density at radius 3 is 2.29 bits per heavy atom. The number of piperazine rings is 1. The third-order valence-electron chi connectivity index (χ3n) is 3.30. The first-order valence-corrected chi connectivity index (χ1v) is 6.51. The van der Waals surface area contributed by atoms with E-state index in [9.17, 15) is 19.7 Å². The molecule has 0 unspecified atom stereocenters. The molecule has 1 saturated heterocycles. The summed E-state index contributed by atoms with van der Waals surface area (Å²) in [5, 5.41) is 10.5. The van der Waals surface area contributed by atoms with Crippen LogP contribution in [0.2, 0.25) is 0 Å². The van der Waals surface area contributed by atoms with Gasteiger partial charge in [0, 0.05) is 44.4 Å². The molecular weight excluding hydrogens is 274 g/mol. The quantitative estimate of drug-likeness (QED) is 0.357. The lowest BCUT2D eigenvalue weighted by molar-refractivity contribution is -0.384. The van der Waals surface area contributed by atoms with Crippen LogP contribution in [-0.4, -0.2) is 53.2 Å². The van der Waals surface area contributed by atoms with E-state index in [0.29, 0.717) is 26.2 Å². The largest absolute Gasteiger partial charge is 0.342 e. The maximum absolute atomic E-state index is 12.0. The molecule has 1 aromatic carbocycles. The van der Waals surface area contributed by atoms with Gasteiger partial charge in [0.15, 0.2) is 0 Å². The molecule has 0 saturated carbocycles. The minimum Gasteiger partial charge on any atom is -0.342 e. The Kier molecular flexibility index (Phi) is 4.65. The molecule has 110 valence electrons. The highest BCUT2D eigenvalue weighted by atomic mass is 16.6. The molecule has 0 atom stereocenters. The molecule has 1 heterocycles. The first-order valence-electron chi connectivity index (χ1n) is 6.51. The number of nitrogens with zero attached hydrogens (tertiary/aromatic N) is 3. The van der Waals surface area contributed by atoms with E-state index in [1.807, 2.05) is 0 Å². The standard InChI is InChI=1S/C14H15N3O4/c18-11-15-7-9-16(10-8-15)14(19)6-3-12-1-4-13(5-2-12)17(20)21/h1-6,11H,7-10H2/b6-3+. The zero-order valence-corrected chi connectivity index (χ0v) is 11.3. The molecule has 0 radical (unpaired) electrons. The molecule has 7 heteroatoms. The van der Waals surface area contributed by atoms with E-state index in [-0.39, 0.29) is 11.6 Å². The van der Waals surface area contributed by atoms with Crippen LogP contribution in [0.4, 0.5) is 5.69 Å². The Morgan fingerprint density at radius 2 is 1.76 bits per heavy atom. The van der Waals surface area contributed by atoms with Crippen LogP contribution in [0, 0.1) is 10.1 Å². The van der Waals surface area contributed by atoms with Gasteiger partial charge in [-0.25, -0.2) is 0 Å². The van der Waals surface area contributed by atoms with Crippen molar-refractivity contribution in [2.45, 2.75) is 0 Å². The third-order valence-corrected chi connectivity index (χ3v) is 3.30. The van der Waals surface area contributed by atoms with E-state index in [2.05, 4.69) is 0 Å². The lowest BCUT2D eigenvalue weighted by atomic mass is 10.2. The van der Waals surface area contributed by atoms with Gasteiger partial charge in [-0.15, -0.1) is 0 Å². The summed E-state index contributed by atoms with van der Waals surface area (Å²) in [4.78, 5) is 35.9. The molecule has 1 fully saturated rings. The third kappa shape index (κ3) is 3.88. The van der Waals surface area contributed by atoms with Gasteiger partial charge in [0.1, 0.15) is 0 Å². The summed E-state index contributed by atoms with van der Waals surface area (Å²) in [6.45, 7) is 2.12. The fourth-order valence-electron chi connectivity index (χ4n) is 2.03. The van der Waals surface area contributed by atoms with Gasteiger partial charge < -0.3 is 9.80 Å². The molecule has 0 N–H and O–H groups in total. The van der Waals surface area contributed by atoms with E-state index in [0.717, 1.165) is 12.0 Å². The van der Waals surface area contributed by atoms with Crippen LogP contribution in [0.5, 0.6) is 0 Å². The smallest absolute Gasteiger partial charge is 0.269 e. The number of benzene rings is 1. The minimum atomic E-state index is -0.467. The average molecular weight is 289 g/mol. The highest BCUT2D eigenvalue weighted by molar-refractivity contribution is 5.91. The highest BCUT2D eigenvalue weighted by Crippen LogP contribution is 2.13. The summed E-state index contributed by atoms with van der Waals surface area (Å²) in [5.74, 6) is -0.126. The molecule has 0 aromatic heterocycles. The number of hydrogen-bond donors (Lipinski definition) is 0. The predicted molar refractivity (Wildman–Crippen MR) is 76.3 cm³/mol. The van der Waals surface area contributed by atoms with Gasteiger partial charge in [-0.05, 0) is 23.8 Å². The molecule has 7 nitrogen and oxygen atoms in total. The van der Waals surface area contributed by atoms with Gasteiger partial charge in [0.05, 0.1) is 4.92 Å². The number of carbonyl (C=O) groups is 2. The van der Waals surface area contributed by atoms with Crippen molar-refractivity contribution in [1.82, 2.24) is 9.80 Å². The zero-order valence-electron chi connectivity index (χ0n) is 11.3. The summed E-state index contributed by atoms with van der Waals surface area (Å²) in [6.07, 6.45) is 3.85. The highest BCUT2D eigenvalue weighted by Gasteiger charge is 2.18. The van der Waals surface area contributed by atoms with Crippen molar-refractivity contribution >= 4 is 24.1 Å². The van der Waals surface area contributed by atoms with Crippen LogP contribution in [-0.2, 0) is 9.59 Å². The number of amides is 2. The van der Waals surface area contributed by atoms with Crippen molar-refractivity contribution in [3.05, 3.63) is 46.0 Å². The maximum atomic E-state index is 12.0. The van der Waals surface area contributed by atoms with Crippen molar-refractivity contribution in [1.29, 1.82) is 0 Å². The second-order valence-electron chi connectivity index (χ2n) is 4.65. The van der Waals surface area contributed by atoms with Crippen molar-refractivity contribution in [2.75, 3.05) is 26.2 Å². The number of carbonyl (C=O) groups excluding carboxylic acids is 2. The summed E-state index contributed by atoms with van der Waals surface area (Å²) < 4.78 is 0. The van der Waals surface area contributed by atoms with Crippen molar-refractivity contribution in [3.8, 4) is 0 Å². The van der Waals surface area contributed by atoms with Crippen LogP contribution in [0.25, 0.3) is 6.08 Å². The summed E-state index contributed by atoms with van der Waals surface area (Å²) in [6, 6.07) is 5.97. The first kappa shape index (κ1) is 14.7. The van der Waals surface area contributed by atoms with Crippen molar-refractivity contribution < 1.29 is 14.5 Å².